The van der Waals surface area contributed by atoms with Crippen molar-refractivity contribution in [1.82, 2.24) is 0 Å². The van der Waals surface area contributed by atoms with Crippen LogP contribution >= 0.6 is 0 Å². The van der Waals surface area contributed by atoms with Gasteiger partial charge in [-0.2, -0.15) is 0 Å². The summed E-state index contributed by atoms with van der Waals surface area (Å²) in [5, 5.41) is 12.3. The molecule has 1 aromatic heterocycles. The van der Waals surface area contributed by atoms with Crippen molar-refractivity contribution in [3.8, 4) is 44.5 Å². The fourth-order valence-electron chi connectivity index (χ4n) is 10.0. The Hall–Kier alpha value is -6.96. The van der Waals surface area contributed by atoms with Crippen LogP contribution < -0.4 is 0 Å². The van der Waals surface area contributed by atoms with Gasteiger partial charge in [0.25, 0.3) is 0 Å². The SMILES string of the molecule is CC1(C)c2ccc(-c3ccc(-c4c5ccccc5c(-c5ccccc5)c5ccccc45)c4ccccc34)cc2-c2cc3c(ccc4c5ccccc5oc34)cc21. The lowest BCUT2D eigenvalue weighted by molar-refractivity contribution is 0.661. The highest BCUT2D eigenvalue weighted by atomic mass is 16.3. The van der Waals surface area contributed by atoms with E-state index in [0.29, 0.717) is 0 Å². The Morgan fingerprint density at radius 3 is 1.62 bits per heavy atom. The third kappa shape index (κ3) is 4.31. The summed E-state index contributed by atoms with van der Waals surface area (Å²) < 4.78 is 6.54. The van der Waals surface area contributed by atoms with Crippen molar-refractivity contribution < 1.29 is 4.42 Å². The highest BCUT2D eigenvalue weighted by Crippen LogP contribution is 2.53. The molecule has 1 aliphatic carbocycles. The van der Waals surface area contributed by atoms with Gasteiger partial charge in [0.05, 0.1) is 0 Å². The topological polar surface area (TPSA) is 13.1 Å². The summed E-state index contributed by atoms with van der Waals surface area (Å²) in [6.07, 6.45) is 0. The average Bonchev–Trinajstić information content (AvgIpc) is 3.73. The molecule has 0 amide bonds. The first-order chi connectivity index (χ1) is 27.5. The van der Waals surface area contributed by atoms with Crippen molar-refractivity contribution in [2.75, 3.05) is 0 Å². The van der Waals surface area contributed by atoms with Crippen LogP contribution in [-0.4, -0.2) is 0 Å². The molecule has 0 aliphatic heterocycles. The predicted octanol–water partition coefficient (Wildman–Crippen LogP) is 15.5. The smallest absolute Gasteiger partial charge is 0.143 e. The molecule has 56 heavy (non-hydrogen) atoms. The van der Waals surface area contributed by atoms with Crippen molar-refractivity contribution in [2.45, 2.75) is 19.3 Å². The Balaban J connectivity index is 1.07. The maximum absolute atomic E-state index is 6.54. The lowest BCUT2D eigenvalue weighted by Gasteiger charge is -2.22. The number of para-hydroxylation sites is 1. The van der Waals surface area contributed by atoms with Gasteiger partial charge in [0.1, 0.15) is 11.2 Å². The Bertz CT molecular complexity index is 3380. The minimum Gasteiger partial charge on any atom is -0.455 e. The number of hydrogen-bond donors (Lipinski definition) is 0. The zero-order valence-electron chi connectivity index (χ0n) is 31.2. The van der Waals surface area contributed by atoms with E-state index in [9.17, 15) is 0 Å². The van der Waals surface area contributed by atoms with Crippen LogP contribution in [0.15, 0.2) is 186 Å². The number of hydrogen-bond acceptors (Lipinski definition) is 1. The first-order valence-corrected chi connectivity index (χ1v) is 19.6. The standard InChI is InChI=1S/C55H36O/c1-55(2)49-29-25-34(30-47(49)48-32-46-35(31-50(48)55)24-26-45-39-18-12-13-23-51(39)56-54(45)46)36-27-28-44(38-17-7-6-16-37(36)38)53-42-21-10-8-19-40(42)52(33-14-4-3-5-15-33)41-20-9-11-22-43(41)53/h3-32H,1-2H3. The second-order valence-electron chi connectivity index (χ2n) is 16.0. The van der Waals surface area contributed by atoms with Crippen molar-refractivity contribution in [2.24, 2.45) is 0 Å². The molecule has 0 bridgehead atoms. The maximum atomic E-state index is 6.54. The van der Waals surface area contributed by atoms with Gasteiger partial charge in [-0.15, -0.1) is 0 Å². The zero-order valence-corrected chi connectivity index (χ0v) is 31.2. The summed E-state index contributed by atoms with van der Waals surface area (Å²) in [6.45, 7) is 4.73. The summed E-state index contributed by atoms with van der Waals surface area (Å²) in [4.78, 5) is 0. The van der Waals surface area contributed by atoms with Gasteiger partial charge < -0.3 is 4.42 Å². The van der Waals surface area contributed by atoms with Crippen LogP contribution in [0.1, 0.15) is 25.0 Å². The Labute approximate surface area is 325 Å². The summed E-state index contributed by atoms with van der Waals surface area (Å²) in [6, 6.07) is 67.2. The predicted molar refractivity (Wildman–Crippen MR) is 238 cm³/mol. The Morgan fingerprint density at radius 2 is 0.911 bits per heavy atom. The second kappa shape index (κ2) is 11.5. The van der Waals surface area contributed by atoms with Gasteiger partial charge in [0.2, 0.25) is 0 Å². The van der Waals surface area contributed by atoms with Crippen molar-refractivity contribution >= 4 is 65.0 Å². The maximum Gasteiger partial charge on any atom is 0.143 e. The second-order valence-corrected chi connectivity index (χ2v) is 16.0. The normalized spacial score (nSPS) is 13.3. The van der Waals surface area contributed by atoms with Crippen LogP contribution in [0.3, 0.4) is 0 Å². The highest BCUT2D eigenvalue weighted by Gasteiger charge is 2.36. The van der Waals surface area contributed by atoms with Crippen molar-refractivity contribution in [3.05, 3.63) is 193 Å². The molecule has 0 atom stereocenters. The third-order valence-corrected chi connectivity index (χ3v) is 12.7. The number of rotatable bonds is 3. The molecular formula is C55H36O. The van der Waals surface area contributed by atoms with E-state index < -0.39 is 0 Å². The molecule has 0 radical (unpaired) electrons. The number of furan rings is 1. The zero-order chi connectivity index (χ0) is 37.1. The van der Waals surface area contributed by atoms with E-state index in [1.807, 2.05) is 6.07 Å². The molecule has 0 saturated carbocycles. The first-order valence-electron chi connectivity index (χ1n) is 19.6. The Kier molecular flexibility index (Phi) is 6.46. The summed E-state index contributed by atoms with van der Waals surface area (Å²) >= 11 is 0. The summed E-state index contributed by atoms with van der Waals surface area (Å²) in [5.41, 5.74) is 14.6. The molecule has 11 aromatic rings. The molecule has 12 rings (SSSR count). The molecule has 0 unspecified atom stereocenters. The molecule has 0 N–H and O–H groups in total. The van der Waals surface area contributed by atoms with Gasteiger partial charge in [0, 0.05) is 21.6 Å². The quantitative estimate of drug-likeness (QED) is 0.166. The van der Waals surface area contributed by atoms with Crippen molar-refractivity contribution in [3.63, 3.8) is 0 Å². The van der Waals surface area contributed by atoms with E-state index in [2.05, 4.69) is 190 Å². The Morgan fingerprint density at radius 1 is 0.339 bits per heavy atom. The molecule has 1 nitrogen and oxygen atoms in total. The lowest BCUT2D eigenvalue weighted by atomic mass is 9.81. The van der Waals surface area contributed by atoms with Gasteiger partial charge in [-0.05, 0) is 124 Å². The molecule has 10 aromatic carbocycles. The van der Waals surface area contributed by atoms with Gasteiger partial charge in [0.15, 0.2) is 0 Å². The molecule has 1 heterocycles. The van der Waals surface area contributed by atoms with Crippen LogP contribution in [0.2, 0.25) is 0 Å². The molecule has 1 aliphatic rings. The lowest BCUT2D eigenvalue weighted by Crippen LogP contribution is -2.14. The fourth-order valence-corrected chi connectivity index (χ4v) is 10.0. The van der Waals surface area contributed by atoms with Crippen LogP contribution in [0.4, 0.5) is 0 Å². The molecule has 0 fully saturated rings. The van der Waals surface area contributed by atoms with Crippen molar-refractivity contribution in [1.29, 1.82) is 0 Å². The number of benzene rings is 10. The first kappa shape index (κ1) is 31.4. The minimum absolute atomic E-state index is 0.125. The van der Waals surface area contributed by atoms with E-state index in [1.165, 1.54) is 104 Å². The summed E-state index contributed by atoms with van der Waals surface area (Å²) in [5.74, 6) is 0. The average molecular weight is 713 g/mol. The van der Waals surface area contributed by atoms with Crippen LogP contribution in [0, 0.1) is 0 Å². The fraction of sp³-hybridized carbons (Fsp3) is 0.0545. The van der Waals surface area contributed by atoms with E-state index in [1.54, 1.807) is 0 Å². The van der Waals surface area contributed by atoms with Crippen LogP contribution in [0.25, 0.3) is 110 Å². The molecule has 0 saturated heterocycles. The van der Waals surface area contributed by atoms with E-state index >= 15 is 0 Å². The molecule has 1 heteroatoms. The molecule has 262 valence electrons. The largest absolute Gasteiger partial charge is 0.455 e. The van der Waals surface area contributed by atoms with Gasteiger partial charge >= 0.3 is 0 Å². The summed E-state index contributed by atoms with van der Waals surface area (Å²) in [7, 11) is 0. The molecular weight excluding hydrogens is 677 g/mol. The van der Waals surface area contributed by atoms with Gasteiger partial charge in [-0.3, -0.25) is 0 Å². The minimum atomic E-state index is -0.125. The van der Waals surface area contributed by atoms with Gasteiger partial charge in [-0.25, -0.2) is 0 Å². The third-order valence-electron chi connectivity index (χ3n) is 12.7. The van der Waals surface area contributed by atoms with E-state index in [-0.39, 0.29) is 5.41 Å². The van der Waals surface area contributed by atoms with Gasteiger partial charge in [-0.1, -0.05) is 166 Å². The van der Waals surface area contributed by atoms with E-state index in [0.717, 1.165) is 16.6 Å². The molecule has 0 spiro atoms. The van der Waals surface area contributed by atoms with Crippen LogP contribution in [0.5, 0.6) is 0 Å². The number of fused-ring (bicyclic) bond motifs is 11. The van der Waals surface area contributed by atoms with E-state index in [4.69, 9.17) is 4.42 Å². The highest BCUT2D eigenvalue weighted by molar-refractivity contribution is 6.24. The monoisotopic (exact) mass is 712 g/mol. The van der Waals surface area contributed by atoms with Crippen LogP contribution in [-0.2, 0) is 5.41 Å².